The van der Waals surface area contributed by atoms with Crippen LogP contribution in [-0.4, -0.2) is 22.7 Å². The van der Waals surface area contributed by atoms with E-state index in [9.17, 15) is 0 Å². The van der Waals surface area contributed by atoms with Crippen molar-refractivity contribution in [2.45, 2.75) is 46.1 Å². The lowest BCUT2D eigenvalue weighted by molar-refractivity contribution is 0.386. The third-order valence-corrected chi connectivity index (χ3v) is 2.13. The lowest BCUT2D eigenvalue weighted by Gasteiger charge is -2.10. The normalized spacial score (nSPS) is 13.1. The van der Waals surface area contributed by atoms with Crippen LogP contribution in [0.2, 0.25) is 0 Å². The summed E-state index contributed by atoms with van der Waals surface area (Å²) in [5, 5.41) is 7.25. The predicted molar refractivity (Wildman–Crippen MR) is 55.1 cm³/mol. The zero-order valence-corrected chi connectivity index (χ0v) is 9.21. The van der Waals surface area contributed by atoms with Crippen molar-refractivity contribution in [3.8, 4) is 0 Å². The highest BCUT2D eigenvalue weighted by atomic mass is 16.5. The number of hydrogen-bond acceptors (Lipinski definition) is 4. The molecule has 0 bridgehead atoms. The molecule has 1 heterocycles. The molecule has 0 saturated carbocycles. The Hall–Kier alpha value is -0.900. The van der Waals surface area contributed by atoms with Gasteiger partial charge in [-0.2, -0.15) is 4.98 Å². The second-order valence-corrected chi connectivity index (χ2v) is 3.62. The standard InChI is InChI=1S/C10H19N3O/c1-4-5-8(2)11-7-6-10-12-9(3)14-13-10/h8,11H,4-7H2,1-3H3. The molecule has 0 aliphatic carbocycles. The van der Waals surface area contributed by atoms with E-state index in [1.165, 1.54) is 12.8 Å². The minimum Gasteiger partial charge on any atom is -0.340 e. The molecule has 4 nitrogen and oxygen atoms in total. The van der Waals surface area contributed by atoms with Crippen LogP contribution in [0, 0.1) is 6.92 Å². The van der Waals surface area contributed by atoms with Gasteiger partial charge in [0.15, 0.2) is 5.82 Å². The summed E-state index contributed by atoms with van der Waals surface area (Å²) < 4.78 is 4.88. The molecule has 0 radical (unpaired) electrons. The van der Waals surface area contributed by atoms with Crippen molar-refractivity contribution in [3.05, 3.63) is 11.7 Å². The van der Waals surface area contributed by atoms with Gasteiger partial charge in [0.25, 0.3) is 0 Å². The van der Waals surface area contributed by atoms with E-state index in [1.807, 2.05) is 6.92 Å². The van der Waals surface area contributed by atoms with Crippen LogP contribution in [0.1, 0.15) is 38.4 Å². The molecule has 4 heteroatoms. The minimum atomic E-state index is 0.577. The highest BCUT2D eigenvalue weighted by molar-refractivity contribution is 4.84. The summed E-state index contributed by atoms with van der Waals surface area (Å²) in [6, 6.07) is 0.577. The molecule has 1 atom stereocenters. The molecule has 1 aromatic rings. The van der Waals surface area contributed by atoms with E-state index in [-0.39, 0.29) is 0 Å². The fraction of sp³-hybridized carbons (Fsp3) is 0.800. The molecule has 1 rings (SSSR count). The number of hydrogen-bond donors (Lipinski definition) is 1. The van der Waals surface area contributed by atoms with Gasteiger partial charge in [0, 0.05) is 25.9 Å². The SMILES string of the molecule is CCCC(C)NCCc1noc(C)n1. The Labute approximate surface area is 85.1 Å². The monoisotopic (exact) mass is 197 g/mol. The topological polar surface area (TPSA) is 51.0 Å². The summed E-state index contributed by atoms with van der Waals surface area (Å²) in [7, 11) is 0. The van der Waals surface area contributed by atoms with Crippen molar-refractivity contribution in [1.29, 1.82) is 0 Å². The molecule has 0 amide bonds. The van der Waals surface area contributed by atoms with Gasteiger partial charge in [-0.3, -0.25) is 0 Å². The summed E-state index contributed by atoms with van der Waals surface area (Å²) in [6.45, 7) is 7.12. The van der Waals surface area contributed by atoms with Crippen molar-refractivity contribution in [3.63, 3.8) is 0 Å². The Balaban J connectivity index is 2.15. The van der Waals surface area contributed by atoms with Crippen LogP contribution >= 0.6 is 0 Å². The van der Waals surface area contributed by atoms with Crippen molar-refractivity contribution in [2.75, 3.05) is 6.54 Å². The van der Waals surface area contributed by atoms with Gasteiger partial charge in [0.1, 0.15) is 0 Å². The van der Waals surface area contributed by atoms with E-state index < -0.39 is 0 Å². The van der Waals surface area contributed by atoms with E-state index in [0.29, 0.717) is 11.9 Å². The highest BCUT2D eigenvalue weighted by Crippen LogP contribution is 1.97. The number of aryl methyl sites for hydroxylation is 1. The molecule has 0 spiro atoms. The maximum absolute atomic E-state index is 4.88. The van der Waals surface area contributed by atoms with Crippen LogP contribution < -0.4 is 5.32 Å². The first-order chi connectivity index (χ1) is 6.72. The molecule has 80 valence electrons. The molecule has 1 aromatic heterocycles. The molecular weight excluding hydrogens is 178 g/mol. The van der Waals surface area contributed by atoms with Crippen molar-refractivity contribution >= 4 is 0 Å². The van der Waals surface area contributed by atoms with Gasteiger partial charge in [0.2, 0.25) is 5.89 Å². The van der Waals surface area contributed by atoms with Gasteiger partial charge < -0.3 is 9.84 Å². The summed E-state index contributed by atoms with van der Waals surface area (Å²) in [5.74, 6) is 1.43. The summed E-state index contributed by atoms with van der Waals surface area (Å²) in [6.07, 6.45) is 3.27. The van der Waals surface area contributed by atoms with Gasteiger partial charge in [-0.25, -0.2) is 0 Å². The minimum absolute atomic E-state index is 0.577. The van der Waals surface area contributed by atoms with Crippen molar-refractivity contribution in [1.82, 2.24) is 15.5 Å². The van der Waals surface area contributed by atoms with Crippen molar-refractivity contribution < 1.29 is 4.52 Å². The van der Waals surface area contributed by atoms with E-state index in [2.05, 4.69) is 29.3 Å². The van der Waals surface area contributed by atoms with Crippen LogP contribution in [0.15, 0.2) is 4.52 Å². The Morgan fingerprint density at radius 3 is 2.86 bits per heavy atom. The maximum atomic E-state index is 4.88. The summed E-state index contributed by atoms with van der Waals surface area (Å²) >= 11 is 0. The second-order valence-electron chi connectivity index (χ2n) is 3.62. The van der Waals surface area contributed by atoms with E-state index in [4.69, 9.17) is 4.52 Å². The van der Waals surface area contributed by atoms with Crippen LogP contribution in [0.4, 0.5) is 0 Å². The number of nitrogens with zero attached hydrogens (tertiary/aromatic N) is 2. The Morgan fingerprint density at radius 1 is 1.50 bits per heavy atom. The van der Waals surface area contributed by atoms with Gasteiger partial charge in [-0.15, -0.1) is 0 Å². The molecule has 0 aliphatic heterocycles. The summed E-state index contributed by atoms with van der Waals surface area (Å²) in [4.78, 5) is 4.14. The quantitative estimate of drug-likeness (QED) is 0.754. The highest BCUT2D eigenvalue weighted by Gasteiger charge is 2.03. The van der Waals surface area contributed by atoms with Crippen LogP contribution in [0.25, 0.3) is 0 Å². The number of aromatic nitrogens is 2. The molecule has 14 heavy (non-hydrogen) atoms. The van der Waals surface area contributed by atoms with Gasteiger partial charge >= 0.3 is 0 Å². The third kappa shape index (κ3) is 3.87. The van der Waals surface area contributed by atoms with E-state index >= 15 is 0 Å². The largest absolute Gasteiger partial charge is 0.340 e. The molecule has 1 unspecified atom stereocenters. The smallest absolute Gasteiger partial charge is 0.223 e. The Kier molecular flexibility index (Phi) is 4.59. The lowest BCUT2D eigenvalue weighted by atomic mass is 10.2. The molecule has 0 fully saturated rings. The van der Waals surface area contributed by atoms with Crippen LogP contribution in [-0.2, 0) is 6.42 Å². The first kappa shape index (κ1) is 11.2. The average molecular weight is 197 g/mol. The Morgan fingerprint density at radius 2 is 2.29 bits per heavy atom. The first-order valence-electron chi connectivity index (χ1n) is 5.25. The van der Waals surface area contributed by atoms with Gasteiger partial charge in [0.05, 0.1) is 0 Å². The predicted octanol–water partition coefficient (Wildman–Crippen LogP) is 1.70. The van der Waals surface area contributed by atoms with Crippen LogP contribution in [0.5, 0.6) is 0 Å². The third-order valence-electron chi connectivity index (χ3n) is 2.13. The first-order valence-corrected chi connectivity index (χ1v) is 5.25. The zero-order valence-electron chi connectivity index (χ0n) is 9.21. The van der Waals surface area contributed by atoms with E-state index in [0.717, 1.165) is 18.8 Å². The van der Waals surface area contributed by atoms with E-state index in [1.54, 1.807) is 0 Å². The average Bonchev–Trinajstić information content (AvgIpc) is 2.52. The fourth-order valence-corrected chi connectivity index (χ4v) is 1.41. The molecule has 0 aromatic carbocycles. The maximum Gasteiger partial charge on any atom is 0.223 e. The molecule has 0 saturated heterocycles. The van der Waals surface area contributed by atoms with Crippen molar-refractivity contribution in [2.24, 2.45) is 0 Å². The Bertz CT molecular complexity index is 260. The molecule has 1 N–H and O–H groups in total. The van der Waals surface area contributed by atoms with Crippen LogP contribution in [0.3, 0.4) is 0 Å². The van der Waals surface area contributed by atoms with Gasteiger partial charge in [-0.05, 0) is 13.3 Å². The zero-order chi connectivity index (χ0) is 10.4. The lowest BCUT2D eigenvalue weighted by Crippen LogP contribution is -2.28. The molecular formula is C10H19N3O. The fourth-order valence-electron chi connectivity index (χ4n) is 1.41. The van der Waals surface area contributed by atoms with Gasteiger partial charge in [-0.1, -0.05) is 18.5 Å². The number of rotatable bonds is 6. The number of nitrogens with one attached hydrogen (secondary N) is 1. The summed E-state index contributed by atoms with van der Waals surface area (Å²) in [5.41, 5.74) is 0. The second kappa shape index (κ2) is 5.75. The molecule has 0 aliphatic rings.